The van der Waals surface area contributed by atoms with Crippen LogP contribution in [0.15, 0.2) is 36.4 Å². The molecule has 0 aromatic heterocycles. The summed E-state index contributed by atoms with van der Waals surface area (Å²) in [6, 6.07) is 11.5. The lowest BCUT2D eigenvalue weighted by molar-refractivity contribution is -0.114. The summed E-state index contributed by atoms with van der Waals surface area (Å²) in [4.78, 5) is 11.1. The smallest absolute Gasteiger partial charge is 0.221 e. The highest BCUT2D eigenvalue weighted by Crippen LogP contribution is 2.30. The molecule has 2 aromatic rings. The molecular formula is C13H13NO2. The average molecular weight is 215 g/mol. The van der Waals surface area contributed by atoms with Gasteiger partial charge in [0.25, 0.3) is 0 Å². The maximum Gasteiger partial charge on any atom is 0.221 e. The molecule has 3 nitrogen and oxygen atoms in total. The molecule has 82 valence electrons. The zero-order valence-electron chi connectivity index (χ0n) is 9.28. The van der Waals surface area contributed by atoms with Gasteiger partial charge in [-0.2, -0.15) is 0 Å². The Labute approximate surface area is 94.0 Å². The first-order valence-corrected chi connectivity index (χ1v) is 5.05. The van der Waals surface area contributed by atoms with E-state index in [0.717, 1.165) is 22.2 Å². The Morgan fingerprint density at radius 2 is 1.81 bits per heavy atom. The number of hydrogen-bond donors (Lipinski definition) is 1. The van der Waals surface area contributed by atoms with E-state index in [9.17, 15) is 4.79 Å². The normalized spacial score (nSPS) is 10.1. The molecule has 0 saturated carbocycles. The highest BCUT2D eigenvalue weighted by atomic mass is 16.5. The van der Waals surface area contributed by atoms with E-state index < -0.39 is 0 Å². The molecule has 1 N–H and O–H groups in total. The fourth-order valence-corrected chi connectivity index (χ4v) is 1.76. The molecule has 3 heteroatoms. The number of fused-ring (bicyclic) bond motifs is 1. The van der Waals surface area contributed by atoms with Crippen molar-refractivity contribution in [1.82, 2.24) is 0 Å². The molecule has 0 atom stereocenters. The van der Waals surface area contributed by atoms with Gasteiger partial charge in [-0.3, -0.25) is 4.79 Å². The Bertz CT molecular complexity index is 534. The highest BCUT2D eigenvalue weighted by Gasteiger charge is 2.05. The van der Waals surface area contributed by atoms with Gasteiger partial charge in [0.1, 0.15) is 5.75 Å². The molecule has 0 radical (unpaired) electrons. The van der Waals surface area contributed by atoms with Crippen LogP contribution >= 0.6 is 0 Å². The quantitative estimate of drug-likeness (QED) is 0.836. The Morgan fingerprint density at radius 1 is 1.12 bits per heavy atom. The molecule has 0 spiro atoms. The Balaban J connectivity index is 2.64. The molecule has 16 heavy (non-hydrogen) atoms. The number of carbonyl (C=O) groups excluding carboxylic acids is 1. The zero-order valence-corrected chi connectivity index (χ0v) is 9.28. The van der Waals surface area contributed by atoms with Gasteiger partial charge in [-0.1, -0.05) is 24.3 Å². The van der Waals surface area contributed by atoms with E-state index in [1.807, 2.05) is 36.4 Å². The topological polar surface area (TPSA) is 38.3 Å². The predicted molar refractivity (Wildman–Crippen MR) is 64.8 cm³/mol. The third kappa shape index (κ3) is 1.84. The third-order valence-corrected chi connectivity index (χ3v) is 2.41. The maximum absolute atomic E-state index is 11.1. The van der Waals surface area contributed by atoms with Crippen LogP contribution < -0.4 is 10.1 Å². The van der Waals surface area contributed by atoms with Gasteiger partial charge >= 0.3 is 0 Å². The van der Waals surface area contributed by atoms with Gasteiger partial charge in [0, 0.05) is 23.4 Å². The van der Waals surface area contributed by atoms with Crippen molar-refractivity contribution in [2.45, 2.75) is 6.92 Å². The van der Waals surface area contributed by atoms with Gasteiger partial charge in [0.15, 0.2) is 0 Å². The number of methoxy groups -OCH3 is 1. The van der Waals surface area contributed by atoms with Crippen LogP contribution in [0.2, 0.25) is 0 Å². The summed E-state index contributed by atoms with van der Waals surface area (Å²) in [6.07, 6.45) is 0. The van der Waals surface area contributed by atoms with Gasteiger partial charge in [-0.15, -0.1) is 0 Å². The number of rotatable bonds is 2. The van der Waals surface area contributed by atoms with E-state index in [1.54, 1.807) is 7.11 Å². The van der Waals surface area contributed by atoms with E-state index in [4.69, 9.17) is 4.74 Å². The van der Waals surface area contributed by atoms with E-state index in [-0.39, 0.29) is 5.91 Å². The second-order valence-electron chi connectivity index (χ2n) is 3.54. The second kappa shape index (κ2) is 4.23. The van der Waals surface area contributed by atoms with Crippen molar-refractivity contribution in [3.05, 3.63) is 36.4 Å². The molecule has 0 aliphatic carbocycles. The number of carbonyl (C=O) groups is 1. The lowest BCUT2D eigenvalue weighted by Gasteiger charge is -2.09. The molecule has 0 aliphatic heterocycles. The van der Waals surface area contributed by atoms with Crippen LogP contribution in [-0.4, -0.2) is 13.0 Å². The lowest BCUT2D eigenvalue weighted by Crippen LogP contribution is -2.06. The van der Waals surface area contributed by atoms with Crippen LogP contribution in [-0.2, 0) is 4.79 Å². The molecule has 0 aliphatic rings. The van der Waals surface area contributed by atoms with Gasteiger partial charge in [-0.25, -0.2) is 0 Å². The molecule has 0 unspecified atom stereocenters. The first kappa shape index (κ1) is 10.5. The minimum atomic E-state index is -0.0738. The van der Waals surface area contributed by atoms with Crippen LogP contribution in [0.25, 0.3) is 10.8 Å². The van der Waals surface area contributed by atoms with Crippen molar-refractivity contribution in [1.29, 1.82) is 0 Å². The first-order valence-electron chi connectivity index (χ1n) is 5.05. The number of benzene rings is 2. The predicted octanol–water partition coefficient (Wildman–Crippen LogP) is 2.81. The van der Waals surface area contributed by atoms with Crippen molar-refractivity contribution in [2.24, 2.45) is 0 Å². The zero-order chi connectivity index (χ0) is 11.5. The van der Waals surface area contributed by atoms with E-state index in [1.165, 1.54) is 6.92 Å². The molecule has 0 bridgehead atoms. The molecule has 2 rings (SSSR count). The van der Waals surface area contributed by atoms with Crippen LogP contribution in [0.4, 0.5) is 5.69 Å². The Hall–Kier alpha value is -2.03. The van der Waals surface area contributed by atoms with Gasteiger partial charge < -0.3 is 10.1 Å². The van der Waals surface area contributed by atoms with E-state index in [2.05, 4.69) is 5.32 Å². The molecule has 0 fully saturated rings. The van der Waals surface area contributed by atoms with Crippen molar-refractivity contribution < 1.29 is 9.53 Å². The molecular weight excluding hydrogens is 202 g/mol. The SMILES string of the molecule is COc1cccc2c(NC(C)=O)cccc12. The third-order valence-electron chi connectivity index (χ3n) is 2.41. The molecule has 2 aromatic carbocycles. The molecule has 0 heterocycles. The van der Waals surface area contributed by atoms with Crippen LogP contribution in [0.1, 0.15) is 6.92 Å². The van der Waals surface area contributed by atoms with Crippen LogP contribution in [0.5, 0.6) is 5.75 Å². The highest BCUT2D eigenvalue weighted by molar-refractivity contribution is 6.03. The van der Waals surface area contributed by atoms with Crippen molar-refractivity contribution in [3.63, 3.8) is 0 Å². The number of ether oxygens (including phenoxy) is 1. The van der Waals surface area contributed by atoms with E-state index in [0.29, 0.717) is 0 Å². The largest absolute Gasteiger partial charge is 0.496 e. The average Bonchev–Trinajstić information content (AvgIpc) is 2.28. The number of nitrogens with one attached hydrogen (secondary N) is 1. The lowest BCUT2D eigenvalue weighted by atomic mass is 10.1. The minimum absolute atomic E-state index is 0.0738. The monoisotopic (exact) mass is 215 g/mol. The Kier molecular flexibility index (Phi) is 2.77. The number of anilines is 1. The summed E-state index contributed by atoms with van der Waals surface area (Å²) < 4.78 is 5.27. The summed E-state index contributed by atoms with van der Waals surface area (Å²) in [7, 11) is 1.64. The first-order chi connectivity index (χ1) is 7.72. The number of amides is 1. The van der Waals surface area contributed by atoms with Gasteiger partial charge in [-0.05, 0) is 12.1 Å². The summed E-state index contributed by atoms with van der Waals surface area (Å²) >= 11 is 0. The summed E-state index contributed by atoms with van der Waals surface area (Å²) in [5.74, 6) is 0.736. The van der Waals surface area contributed by atoms with Gasteiger partial charge in [0.2, 0.25) is 5.91 Å². The molecule has 0 saturated heterocycles. The van der Waals surface area contributed by atoms with Crippen molar-refractivity contribution in [3.8, 4) is 5.75 Å². The van der Waals surface area contributed by atoms with Crippen LogP contribution in [0, 0.1) is 0 Å². The fourth-order valence-electron chi connectivity index (χ4n) is 1.76. The molecule has 1 amide bonds. The maximum atomic E-state index is 11.1. The minimum Gasteiger partial charge on any atom is -0.496 e. The fraction of sp³-hybridized carbons (Fsp3) is 0.154. The van der Waals surface area contributed by atoms with Crippen molar-refractivity contribution >= 4 is 22.4 Å². The second-order valence-corrected chi connectivity index (χ2v) is 3.54. The summed E-state index contributed by atoms with van der Waals surface area (Å²) in [5.41, 5.74) is 0.809. The van der Waals surface area contributed by atoms with Crippen molar-refractivity contribution in [2.75, 3.05) is 12.4 Å². The van der Waals surface area contributed by atoms with E-state index >= 15 is 0 Å². The summed E-state index contributed by atoms with van der Waals surface area (Å²) in [5, 5.41) is 4.78. The van der Waals surface area contributed by atoms with Gasteiger partial charge in [0.05, 0.1) is 7.11 Å². The Morgan fingerprint density at radius 3 is 2.50 bits per heavy atom. The standard InChI is InChI=1S/C13H13NO2/c1-9(15)14-12-7-3-6-11-10(12)5-4-8-13(11)16-2/h3-8H,1-2H3,(H,14,15). The number of hydrogen-bond acceptors (Lipinski definition) is 2. The summed E-state index contributed by atoms with van der Waals surface area (Å²) in [6.45, 7) is 1.50. The van der Waals surface area contributed by atoms with Crippen LogP contribution in [0.3, 0.4) is 0 Å².